The zero-order valence-corrected chi connectivity index (χ0v) is 9.56. The first-order valence-electron chi connectivity index (χ1n) is 4.46. The summed E-state index contributed by atoms with van der Waals surface area (Å²) in [7, 11) is 0. The number of carboxylic acid groups (broad SMARTS) is 1. The summed E-state index contributed by atoms with van der Waals surface area (Å²) >= 11 is 7.00. The van der Waals surface area contributed by atoms with Crippen LogP contribution in [0.3, 0.4) is 0 Å². The zero-order valence-electron chi connectivity index (χ0n) is 7.98. The van der Waals surface area contributed by atoms with E-state index in [0.29, 0.717) is 16.4 Å². The Kier molecular flexibility index (Phi) is 3.16. The topological polar surface area (TPSA) is 49.7 Å². The van der Waals surface area contributed by atoms with Crippen molar-refractivity contribution in [2.45, 2.75) is 6.04 Å². The van der Waals surface area contributed by atoms with Crippen molar-refractivity contribution in [3.63, 3.8) is 0 Å². The molecule has 0 aromatic heterocycles. The van der Waals surface area contributed by atoms with Gasteiger partial charge in [-0.3, -0.25) is 4.99 Å². The molecule has 16 heavy (non-hydrogen) atoms. The molecule has 0 aliphatic carbocycles. The van der Waals surface area contributed by atoms with Gasteiger partial charge in [0.2, 0.25) is 0 Å². The predicted molar refractivity (Wildman–Crippen MR) is 61.8 cm³/mol. The number of rotatable bonds is 2. The van der Waals surface area contributed by atoms with Gasteiger partial charge >= 0.3 is 5.97 Å². The molecule has 1 unspecified atom stereocenters. The lowest BCUT2D eigenvalue weighted by Crippen LogP contribution is -2.17. The molecule has 1 aliphatic rings. The van der Waals surface area contributed by atoms with Crippen LogP contribution in [0.5, 0.6) is 0 Å². The van der Waals surface area contributed by atoms with Crippen LogP contribution >= 0.6 is 23.4 Å². The molecule has 0 radical (unpaired) electrons. The number of benzene rings is 1. The minimum atomic E-state index is -0.968. The lowest BCUT2D eigenvalue weighted by Gasteiger charge is -2.00. The van der Waals surface area contributed by atoms with Gasteiger partial charge in [0.05, 0.1) is 5.04 Å². The van der Waals surface area contributed by atoms with Crippen molar-refractivity contribution in [1.82, 2.24) is 0 Å². The van der Waals surface area contributed by atoms with Crippen LogP contribution in [0.25, 0.3) is 0 Å². The Morgan fingerprint density at radius 1 is 1.56 bits per heavy atom. The molecule has 1 aliphatic heterocycles. The molecular formula is C10H7ClFNO2S. The van der Waals surface area contributed by atoms with Crippen molar-refractivity contribution in [3.8, 4) is 0 Å². The second kappa shape index (κ2) is 4.43. The molecule has 1 aromatic carbocycles. The maximum Gasteiger partial charge on any atom is 0.329 e. The zero-order chi connectivity index (χ0) is 11.7. The Bertz CT molecular complexity index is 458. The van der Waals surface area contributed by atoms with Crippen molar-refractivity contribution >= 4 is 34.4 Å². The summed E-state index contributed by atoms with van der Waals surface area (Å²) in [6, 6.07) is 3.31. The Morgan fingerprint density at radius 2 is 2.31 bits per heavy atom. The molecule has 0 saturated heterocycles. The van der Waals surface area contributed by atoms with Gasteiger partial charge in [-0.25, -0.2) is 9.18 Å². The molecule has 2 rings (SSSR count). The Hall–Kier alpha value is -1.07. The number of thioether (sulfide) groups is 1. The lowest BCUT2D eigenvalue weighted by molar-refractivity contribution is -0.137. The van der Waals surface area contributed by atoms with Crippen molar-refractivity contribution in [2.24, 2.45) is 4.99 Å². The summed E-state index contributed by atoms with van der Waals surface area (Å²) in [5.74, 6) is -1.05. The average Bonchev–Trinajstić information content (AvgIpc) is 2.64. The van der Waals surface area contributed by atoms with E-state index in [1.165, 1.54) is 23.9 Å². The number of halogens is 2. The Labute approximate surface area is 100 Å². The number of nitrogens with zero attached hydrogens (tertiary/aromatic N) is 1. The van der Waals surface area contributed by atoms with Gasteiger partial charge < -0.3 is 5.11 Å². The molecule has 3 nitrogen and oxygen atoms in total. The van der Waals surface area contributed by atoms with Crippen LogP contribution in [0.4, 0.5) is 4.39 Å². The standard InChI is InChI=1S/C10H7ClFNO2S/c11-6-1-5(2-7(12)3-6)9-13-8(4-16-9)10(14)15/h1-3,8H,4H2,(H,14,15). The van der Waals surface area contributed by atoms with E-state index in [-0.39, 0.29) is 5.02 Å². The monoisotopic (exact) mass is 259 g/mol. The van der Waals surface area contributed by atoms with E-state index in [4.69, 9.17) is 16.7 Å². The summed E-state index contributed by atoms with van der Waals surface area (Å²) in [5.41, 5.74) is 0.527. The van der Waals surface area contributed by atoms with Crippen LogP contribution in [0, 0.1) is 5.82 Å². The first-order valence-corrected chi connectivity index (χ1v) is 5.82. The van der Waals surface area contributed by atoms with Crippen LogP contribution in [-0.4, -0.2) is 27.9 Å². The molecule has 1 aromatic rings. The summed E-state index contributed by atoms with van der Waals surface area (Å²) in [4.78, 5) is 14.7. The Morgan fingerprint density at radius 3 is 2.88 bits per heavy atom. The van der Waals surface area contributed by atoms with Crippen LogP contribution in [0.1, 0.15) is 5.56 Å². The van der Waals surface area contributed by atoms with Crippen LogP contribution in [0.15, 0.2) is 23.2 Å². The maximum atomic E-state index is 13.1. The first kappa shape index (κ1) is 11.4. The molecular weight excluding hydrogens is 253 g/mol. The third kappa shape index (κ3) is 2.36. The van der Waals surface area contributed by atoms with Crippen molar-refractivity contribution < 1.29 is 14.3 Å². The van der Waals surface area contributed by atoms with Crippen molar-refractivity contribution in [1.29, 1.82) is 0 Å². The molecule has 6 heteroatoms. The second-order valence-electron chi connectivity index (χ2n) is 3.26. The highest BCUT2D eigenvalue weighted by atomic mass is 35.5. The van der Waals surface area contributed by atoms with Crippen LogP contribution in [0.2, 0.25) is 5.02 Å². The average molecular weight is 260 g/mol. The fraction of sp³-hybridized carbons (Fsp3) is 0.200. The van der Waals surface area contributed by atoms with E-state index >= 15 is 0 Å². The van der Waals surface area contributed by atoms with Gasteiger partial charge in [0.25, 0.3) is 0 Å². The van der Waals surface area contributed by atoms with Gasteiger partial charge in [-0.05, 0) is 18.2 Å². The van der Waals surface area contributed by atoms with Gasteiger partial charge in [0.1, 0.15) is 5.82 Å². The van der Waals surface area contributed by atoms with E-state index in [9.17, 15) is 9.18 Å². The summed E-state index contributed by atoms with van der Waals surface area (Å²) < 4.78 is 13.1. The molecule has 84 valence electrons. The number of hydrogen-bond donors (Lipinski definition) is 1. The molecule has 0 saturated carbocycles. The number of hydrogen-bond acceptors (Lipinski definition) is 3. The quantitative estimate of drug-likeness (QED) is 0.887. The largest absolute Gasteiger partial charge is 0.480 e. The van der Waals surface area contributed by atoms with Crippen LogP contribution in [-0.2, 0) is 4.79 Å². The second-order valence-corrected chi connectivity index (χ2v) is 4.70. The lowest BCUT2D eigenvalue weighted by atomic mass is 10.2. The molecule has 0 bridgehead atoms. The van der Waals surface area contributed by atoms with E-state index < -0.39 is 17.8 Å². The van der Waals surface area contributed by atoms with E-state index in [1.54, 1.807) is 6.07 Å². The minimum Gasteiger partial charge on any atom is -0.480 e. The van der Waals surface area contributed by atoms with Gasteiger partial charge in [-0.15, -0.1) is 11.8 Å². The fourth-order valence-corrected chi connectivity index (χ4v) is 2.58. The van der Waals surface area contributed by atoms with Crippen molar-refractivity contribution in [2.75, 3.05) is 5.75 Å². The number of aliphatic imine (C=N–C) groups is 1. The van der Waals surface area contributed by atoms with E-state index in [2.05, 4.69) is 4.99 Å². The summed E-state index contributed by atoms with van der Waals surface area (Å²) in [5, 5.41) is 9.56. The van der Waals surface area contributed by atoms with Gasteiger partial charge in [0, 0.05) is 16.3 Å². The highest BCUT2D eigenvalue weighted by Gasteiger charge is 2.25. The van der Waals surface area contributed by atoms with E-state index in [1.807, 2.05) is 0 Å². The van der Waals surface area contributed by atoms with Gasteiger partial charge in [0.15, 0.2) is 6.04 Å². The summed E-state index contributed by atoms with van der Waals surface area (Å²) in [6.45, 7) is 0. The molecule has 0 spiro atoms. The predicted octanol–water partition coefficient (Wildman–Crippen LogP) is 2.43. The fourth-order valence-electron chi connectivity index (χ4n) is 1.34. The number of carboxylic acids is 1. The van der Waals surface area contributed by atoms with Crippen LogP contribution < -0.4 is 0 Å². The summed E-state index contributed by atoms with van der Waals surface area (Å²) in [6.07, 6.45) is 0. The first-order chi connectivity index (χ1) is 7.56. The minimum absolute atomic E-state index is 0.275. The molecule has 1 heterocycles. The van der Waals surface area contributed by atoms with Gasteiger partial charge in [-0.2, -0.15) is 0 Å². The third-order valence-electron chi connectivity index (χ3n) is 2.05. The van der Waals surface area contributed by atoms with Crippen molar-refractivity contribution in [3.05, 3.63) is 34.6 Å². The number of carbonyl (C=O) groups is 1. The number of aliphatic carboxylic acids is 1. The third-order valence-corrected chi connectivity index (χ3v) is 3.36. The molecule has 1 atom stereocenters. The smallest absolute Gasteiger partial charge is 0.329 e. The maximum absolute atomic E-state index is 13.1. The highest BCUT2D eigenvalue weighted by Crippen LogP contribution is 2.25. The SMILES string of the molecule is O=C(O)C1CSC(c2cc(F)cc(Cl)c2)=N1. The van der Waals surface area contributed by atoms with Gasteiger partial charge in [-0.1, -0.05) is 11.6 Å². The molecule has 0 fully saturated rings. The molecule has 1 N–H and O–H groups in total. The Balaban J connectivity index is 2.32. The molecule has 0 amide bonds. The highest BCUT2D eigenvalue weighted by molar-refractivity contribution is 8.14. The normalized spacial score (nSPS) is 19.6. The van der Waals surface area contributed by atoms with E-state index in [0.717, 1.165) is 0 Å².